The van der Waals surface area contributed by atoms with Gasteiger partial charge >= 0.3 is 6.18 Å². The molecule has 0 amide bonds. The summed E-state index contributed by atoms with van der Waals surface area (Å²) in [5.74, 6) is 0.700. The Morgan fingerprint density at radius 3 is 2.50 bits per heavy atom. The maximum Gasteiger partial charge on any atom is 0.433 e. The molecule has 120 valence electrons. The molecule has 0 aromatic carbocycles. The van der Waals surface area contributed by atoms with Crippen molar-refractivity contribution in [3.05, 3.63) is 24.0 Å². The first-order chi connectivity index (χ1) is 10.3. The monoisotopic (exact) mass is 330 g/mol. The second-order valence-electron chi connectivity index (χ2n) is 5.93. The Morgan fingerprint density at radius 1 is 1.32 bits per heavy atom. The fourth-order valence-electron chi connectivity index (χ4n) is 3.60. The van der Waals surface area contributed by atoms with Crippen molar-refractivity contribution in [2.45, 2.75) is 25.1 Å². The van der Waals surface area contributed by atoms with Crippen molar-refractivity contribution < 1.29 is 13.2 Å². The molecule has 1 saturated carbocycles. The number of rotatable bonds is 2. The Balaban J connectivity index is 1.77. The number of nitrogens with two attached hydrogens (primary N) is 1. The van der Waals surface area contributed by atoms with Crippen LogP contribution in [0.5, 0.6) is 0 Å². The summed E-state index contributed by atoms with van der Waals surface area (Å²) in [6.07, 6.45) is -1.11. The number of halogens is 3. The maximum atomic E-state index is 12.8. The van der Waals surface area contributed by atoms with Crippen molar-refractivity contribution in [2.24, 2.45) is 17.6 Å². The van der Waals surface area contributed by atoms with Crippen LogP contribution in [0.25, 0.3) is 0 Å². The number of nitrogens with zero attached hydrogens (tertiary/aromatic N) is 2. The highest BCUT2D eigenvalue weighted by Crippen LogP contribution is 2.39. The summed E-state index contributed by atoms with van der Waals surface area (Å²) in [6.45, 7) is 1.41. The summed E-state index contributed by atoms with van der Waals surface area (Å²) in [4.78, 5) is 5.43. The van der Waals surface area contributed by atoms with Crippen LogP contribution < -0.4 is 16.0 Å². The van der Waals surface area contributed by atoms with Crippen LogP contribution in [0.15, 0.2) is 18.3 Å². The van der Waals surface area contributed by atoms with Crippen LogP contribution in [0.2, 0.25) is 0 Å². The van der Waals surface area contributed by atoms with Gasteiger partial charge in [0, 0.05) is 31.0 Å². The molecule has 2 bridgehead atoms. The van der Waals surface area contributed by atoms with E-state index in [4.69, 9.17) is 18.0 Å². The van der Waals surface area contributed by atoms with Gasteiger partial charge in [-0.05, 0) is 49.0 Å². The molecule has 4 nitrogen and oxygen atoms in total. The molecule has 3 N–H and O–H groups in total. The van der Waals surface area contributed by atoms with Gasteiger partial charge in [-0.25, -0.2) is 0 Å². The molecular weight excluding hydrogens is 313 g/mol. The van der Waals surface area contributed by atoms with Crippen molar-refractivity contribution in [1.82, 2.24) is 10.3 Å². The van der Waals surface area contributed by atoms with E-state index in [1.165, 1.54) is 6.20 Å². The van der Waals surface area contributed by atoms with Gasteiger partial charge in [0.15, 0.2) is 5.11 Å². The van der Waals surface area contributed by atoms with Gasteiger partial charge in [-0.15, -0.1) is 0 Å². The number of pyridine rings is 1. The number of fused-ring (bicyclic) bond motifs is 2. The predicted octanol–water partition coefficient (Wildman–Crippen LogP) is 2.15. The summed E-state index contributed by atoms with van der Waals surface area (Å²) in [5, 5.41) is 3.43. The Bertz CT molecular complexity index is 563. The van der Waals surface area contributed by atoms with Gasteiger partial charge < -0.3 is 16.0 Å². The lowest BCUT2D eigenvalue weighted by atomic mass is 9.92. The molecule has 3 atom stereocenters. The summed E-state index contributed by atoms with van der Waals surface area (Å²) in [7, 11) is 0. The van der Waals surface area contributed by atoms with E-state index in [0.29, 0.717) is 35.7 Å². The zero-order valence-electron chi connectivity index (χ0n) is 11.8. The minimum atomic E-state index is -4.42. The number of nitrogens with one attached hydrogen (secondary N) is 1. The van der Waals surface area contributed by atoms with E-state index in [1.807, 2.05) is 4.90 Å². The van der Waals surface area contributed by atoms with E-state index in [-0.39, 0.29) is 6.04 Å². The highest BCUT2D eigenvalue weighted by molar-refractivity contribution is 7.80. The number of thiocarbonyl (C=S) groups is 1. The fourth-order valence-corrected chi connectivity index (χ4v) is 3.74. The van der Waals surface area contributed by atoms with E-state index < -0.39 is 11.9 Å². The van der Waals surface area contributed by atoms with Crippen molar-refractivity contribution in [2.75, 3.05) is 18.0 Å². The molecule has 1 aromatic heterocycles. The standard InChI is InChI=1S/C14H17F3N4S/c15-14(16,17)11-5-10(3-4-19-11)21-6-8-1-2-9(7-21)12(8)20-13(18)22/h3-5,8-9,12H,1-2,6-7H2,(H3,18,20,22)/t8-,9+,12-. The smallest absolute Gasteiger partial charge is 0.376 e. The second-order valence-corrected chi connectivity index (χ2v) is 6.37. The topological polar surface area (TPSA) is 54.2 Å². The maximum absolute atomic E-state index is 12.8. The molecule has 0 spiro atoms. The van der Waals surface area contributed by atoms with Crippen LogP contribution in [0.1, 0.15) is 18.5 Å². The third kappa shape index (κ3) is 2.97. The summed E-state index contributed by atoms with van der Waals surface area (Å²) < 4.78 is 38.4. The average Bonchev–Trinajstić information content (AvgIpc) is 2.69. The van der Waals surface area contributed by atoms with Crippen LogP contribution in [-0.4, -0.2) is 29.2 Å². The third-order valence-corrected chi connectivity index (χ3v) is 4.66. The van der Waals surface area contributed by atoms with Gasteiger partial charge in [0.2, 0.25) is 0 Å². The molecule has 1 saturated heterocycles. The van der Waals surface area contributed by atoms with Crippen LogP contribution in [0.4, 0.5) is 18.9 Å². The molecular formula is C14H17F3N4S. The molecule has 0 unspecified atom stereocenters. The van der Waals surface area contributed by atoms with Gasteiger partial charge in [0.1, 0.15) is 5.69 Å². The van der Waals surface area contributed by atoms with Gasteiger partial charge in [-0.1, -0.05) is 0 Å². The highest BCUT2D eigenvalue weighted by Gasteiger charge is 2.42. The molecule has 0 radical (unpaired) electrons. The lowest BCUT2D eigenvalue weighted by Gasteiger charge is -2.39. The number of anilines is 1. The van der Waals surface area contributed by atoms with Crippen molar-refractivity contribution in [1.29, 1.82) is 0 Å². The lowest BCUT2D eigenvalue weighted by molar-refractivity contribution is -0.141. The van der Waals surface area contributed by atoms with Crippen LogP contribution in [-0.2, 0) is 6.18 Å². The average molecular weight is 330 g/mol. The first kappa shape index (κ1) is 15.3. The number of aromatic nitrogens is 1. The van der Waals surface area contributed by atoms with Crippen molar-refractivity contribution in [3.63, 3.8) is 0 Å². The van der Waals surface area contributed by atoms with Gasteiger partial charge in [-0.2, -0.15) is 13.2 Å². The molecule has 2 aliphatic rings. The molecule has 3 rings (SSSR count). The predicted molar refractivity (Wildman–Crippen MR) is 81.4 cm³/mol. The Labute approximate surface area is 131 Å². The lowest BCUT2D eigenvalue weighted by Crippen LogP contribution is -2.53. The minimum absolute atomic E-state index is 0.234. The highest BCUT2D eigenvalue weighted by atomic mass is 32.1. The van der Waals surface area contributed by atoms with E-state index in [0.717, 1.165) is 18.9 Å². The normalized spacial score (nSPS) is 27.8. The van der Waals surface area contributed by atoms with Crippen LogP contribution in [0, 0.1) is 11.8 Å². The van der Waals surface area contributed by atoms with Crippen molar-refractivity contribution in [3.8, 4) is 0 Å². The minimum Gasteiger partial charge on any atom is -0.376 e. The van der Waals surface area contributed by atoms with E-state index in [9.17, 15) is 13.2 Å². The number of alkyl halides is 3. The summed E-state index contributed by atoms with van der Waals surface area (Å²) in [5.41, 5.74) is 5.29. The molecule has 1 aromatic rings. The molecule has 2 fully saturated rings. The third-order valence-electron chi connectivity index (χ3n) is 4.54. The van der Waals surface area contributed by atoms with Crippen LogP contribution >= 0.6 is 12.2 Å². The second kappa shape index (κ2) is 5.57. The summed E-state index contributed by atoms with van der Waals surface area (Å²) in [6, 6.07) is 2.99. The van der Waals surface area contributed by atoms with Crippen molar-refractivity contribution >= 4 is 23.0 Å². The van der Waals surface area contributed by atoms with Gasteiger partial charge in [0.25, 0.3) is 0 Å². The van der Waals surface area contributed by atoms with E-state index in [2.05, 4.69) is 10.3 Å². The molecule has 1 aliphatic heterocycles. The molecule has 22 heavy (non-hydrogen) atoms. The Hall–Kier alpha value is -1.57. The SMILES string of the molecule is NC(=S)N[C@@H]1[C@@H]2CC[C@H]1CN(c1ccnc(C(F)(F)F)c1)C2. The number of hydrogen-bond acceptors (Lipinski definition) is 3. The van der Waals surface area contributed by atoms with Gasteiger partial charge in [-0.3, -0.25) is 4.98 Å². The summed E-state index contributed by atoms with van der Waals surface area (Å²) >= 11 is 4.91. The zero-order chi connectivity index (χ0) is 15.9. The first-order valence-corrected chi connectivity index (χ1v) is 7.59. The molecule has 2 heterocycles. The molecule has 8 heteroatoms. The zero-order valence-corrected chi connectivity index (χ0v) is 12.6. The number of hydrogen-bond donors (Lipinski definition) is 2. The van der Waals surface area contributed by atoms with E-state index in [1.54, 1.807) is 6.07 Å². The quantitative estimate of drug-likeness (QED) is 0.814. The van der Waals surface area contributed by atoms with Gasteiger partial charge in [0.05, 0.1) is 0 Å². The Morgan fingerprint density at radius 2 is 1.95 bits per heavy atom. The first-order valence-electron chi connectivity index (χ1n) is 7.19. The van der Waals surface area contributed by atoms with Crippen LogP contribution in [0.3, 0.4) is 0 Å². The molecule has 1 aliphatic carbocycles. The van der Waals surface area contributed by atoms with E-state index >= 15 is 0 Å². The fraction of sp³-hybridized carbons (Fsp3) is 0.571. The Kier molecular flexibility index (Phi) is 3.88. The largest absolute Gasteiger partial charge is 0.433 e. The number of piperidine rings is 1.